The summed E-state index contributed by atoms with van der Waals surface area (Å²) in [5, 5.41) is 2.43. The highest BCUT2D eigenvalue weighted by atomic mass is 32.1. The molecule has 0 saturated heterocycles. The van der Waals surface area contributed by atoms with E-state index in [4.69, 9.17) is 4.74 Å². The third-order valence-corrected chi connectivity index (χ3v) is 5.40. The van der Waals surface area contributed by atoms with Crippen molar-refractivity contribution in [2.45, 2.75) is 20.5 Å². The van der Waals surface area contributed by atoms with Gasteiger partial charge in [-0.05, 0) is 26.0 Å². The highest BCUT2D eigenvalue weighted by Crippen LogP contribution is 2.34. The quantitative estimate of drug-likeness (QED) is 0.500. The fraction of sp³-hybridized carbons (Fsp3) is 0.222. The number of aromatic amines is 1. The number of nitrogens with one attached hydrogen (secondary N) is 1. The Bertz CT molecular complexity index is 1080. The molecule has 0 radical (unpaired) electrons. The number of carbonyl (C=O) groups excluding carboxylic acids is 2. The van der Waals surface area contributed by atoms with Crippen LogP contribution in [0.15, 0.2) is 34.5 Å². The van der Waals surface area contributed by atoms with E-state index in [0.717, 1.165) is 27.5 Å². The molecule has 0 spiro atoms. The van der Waals surface area contributed by atoms with Gasteiger partial charge in [0.15, 0.2) is 0 Å². The van der Waals surface area contributed by atoms with E-state index in [1.54, 1.807) is 18.3 Å². The fourth-order valence-electron chi connectivity index (χ4n) is 2.34. The van der Waals surface area contributed by atoms with Gasteiger partial charge < -0.3 is 14.5 Å². The van der Waals surface area contributed by atoms with E-state index in [0.29, 0.717) is 10.2 Å². The number of aromatic nitrogens is 2. The van der Waals surface area contributed by atoms with E-state index in [1.807, 2.05) is 24.4 Å². The normalized spacial score (nSPS) is 11.2. The first kappa shape index (κ1) is 19.0. The molecule has 0 bridgehead atoms. The Labute approximate surface area is 162 Å². The van der Waals surface area contributed by atoms with E-state index >= 15 is 0 Å². The van der Waals surface area contributed by atoms with Gasteiger partial charge in [0.05, 0.1) is 12.0 Å². The number of esters is 2. The Balaban J connectivity index is 1.75. The molecule has 140 valence electrons. The van der Waals surface area contributed by atoms with E-state index in [1.165, 1.54) is 11.3 Å². The molecule has 7 nitrogen and oxygen atoms in total. The number of ether oxygens (including phenoxy) is 2. The summed E-state index contributed by atoms with van der Waals surface area (Å²) >= 11 is 2.97. The van der Waals surface area contributed by atoms with E-state index < -0.39 is 11.9 Å². The Hall–Kier alpha value is -2.78. The van der Waals surface area contributed by atoms with Crippen LogP contribution in [0.25, 0.3) is 20.7 Å². The topological polar surface area (TPSA) is 98.3 Å². The molecular formula is C18H16N2O5S2. The molecule has 0 fully saturated rings. The minimum atomic E-state index is -0.730. The van der Waals surface area contributed by atoms with Gasteiger partial charge in [0.1, 0.15) is 17.3 Å². The Morgan fingerprint density at radius 2 is 1.96 bits per heavy atom. The van der Waals surface area contributed by atoms with Crippen LogP contribution in [0.5, 0.6) is 0 Å². The second-order valence-electron chi connectivity index (χ2n) is 5.45. The number of H-pyrrole nitrogens is 1. The van der Waals surface area contributed by atoms with Crippen molar-refractivity contribution in [1.29, 1.82) is 0 Å². The maximum Gasteiger partial charge on any atom is 0.331 e. The highest BCUT2D eigenvalue weighted by Gasteiger charge is 2.14. The third kappa shape index (κ3) is 4.50. The second-order valence-corrected chi connectivity index (χ2v) is 7.59. The van der Waals surface area contributed by atoms with Crippen molar-refractivity contribution < 1.29 is 19.1 Å². The molecule has 0 aromatic carbocycles. The van der Waals surface area contributed by atoms with Gasteiger partial charge >= 0.3 is 11.9 Å². The summed E-state index contributed by atoms with van der Waals surface area (Å²) in [6, 6.07) is 3.98. The van der Waals surface area contributed by atoms with Gasteiger partial charge in [-0.3, -0.25) is 4.79 Å². The van der Waals surface area contributed by atoms with E-state index in [-0.39, 0.29) is 24.6 Å². The van der Waals surface area contributed by atoms with Crippen LogP contribution in [-0.4, -0.2) is 28.5 Å². The van der Waals surface area contributed by atoms with Gasteiger partial charge in [0.25, 0.3) is 5.56 Å². The summed E-state index contributed by atoms with van der Waals surface area (Å²) in [7, 11) is 0. The van der Waals surface area contributed by atoms with Crippen molar-refractivity contribution in [2.24, 2.45) is 0 Å². The van der Waals surface area contributed by atoms with Gasteiger partial charge in [-0.15, -0.1) is 22.7 Å². The van der Waals surface area contributed by atoms with Crippen LogP contribution in [0.3, 0.4) is 0 Å². The molecule has 0 saturated carbocycles. The molecule has 0 aliphatic carbocycles. The van der Waals surface area contributed by atoms with Crippen LogP contribution in [-0.2, 0) is 25.7 Å². The minimum absolute atomic E-state index is 0.206. The SMILES string of the molecule is CCOC(=O)/C=C/C(=O)OCc1nc2scc(-c3ccc(C)s3)c2c(=O)[nH]1. The van der Waals surface area contributed by atoms with Crippen LogP contribution in [0.4, 0.5) is 0 Å². The first-order valence-electron chi connectivity index (χ1n) is 8.06. The van der Waals surface area contributed by atoms with Gasteiger partial charge in [0.2, 0.25) is 0 Å². The lowest BCUT2D eigenvalue weighted by Gasteiger charge is -2.02. The molecule has 27 heavy (non-hydrogen) atoms. The molecule has 0 aliphatic rings. The van der Waals surface area contributed by atoms with Crippen molar-refractivity contribution >= 4 is 44.8 Å². The lowest BCUT2D eigenvalue weighted by molar-refractivity contribution is -0.141. The molecule has 3 rings (SSSR count). The number of carbonyl (C=O) groups is 2. The molecule has 0 amide bonds. The summed E-state index contributed by atoms with van der Waals surface area (Å²) in [6.45, 7) is 3.69. The maximum absolute atomic E-state index is 12.5. The lowest BCUT2D eigenvalue weighted by atomic mass is 10.2. The monoisotopic (exact) mass is 404 g/mol. The van der Waals surface area contributed by atoms with Crippen LogP contribution in [0.1, 0.15) is 17.6 Å². The zero-order valence-corrected chi connectivity index (χ0v) is 16.2. The summed E-state index contributed by atoms with van der Waals surface area (Å²) in [5.41, 5.74) is 0.568. The standard InChI is InChI=1S/C18H16N2O5S2/c1-3-24-14(21)6-7-15(22)25-8-13-19-17(23)16-11(9-26-18(16)20-13)12-5-4-10(2)27-12/h4-7,9H,3,8H2,1-2H3,(H,19,20,23)/b7-6+. The molecule has 9 heteroatoms. The zero-order chi connectivity index (χ0) is 19.4. The predicted octanol–water partition coefficient (Wildman–Crippen LogP) is 3.18. The van der Waals surface area contributed by atoms with Crippen LogP contribution in [0, 0.1) is 6.92 Å². The van der Waals surface area contributed by atoms with Crippen molar-refractivity contribution in [3.05, 3.63) is 50.7 Å². The van der Waals surface area contributed by atoms with Crippen molar-refractivity contribution in [2.75, 3.05) is 6.61 Å². The number of rotatable bonds is 6. The van der Waals surface area contributed by atoms with Gasteiger partial charge in [-0.2, -0.15) is 0 Å². The molecular weight excluding hydrogens is 388 g/mol. The third-order valence-electron chi connectivity index (χ3n) is 3.49. The maximum atomic E-state index is 12.5. The Morgan fingerprint density at radius 1 is 1.22 bits per heavy atom. The van der Waals surface area contributed by atoms with Crippen molar-refractivity contribution in [1.82, 2.24) is 9.97 Å². The number of fused-ring (bicyclic) bond motifs is 1. The largest absolute Gasteiger partial charge is 0.463 e. The molecule has 3 aromatic heterocycles. The predicted molar refractivity (Wildman–Crippen MR) is 104 cm³/mol. The van der Waals surface area contributed by atoms with Gasteiger partial charge in [-0.25, -0.2) is 14.6 Å². The van der Waals surface area contributed by atoms with Gasteiger partial charge in [0, 0.05) is 32.8 Å². The molecule has 0 aliphatic heterocycles. The Morgan fingerprint density at radius 3 is 2.63 bits per heavy atom. The van der Waals surface area contributed by atoms with Gasteiger partial charge in [-0.1, -0.05) is 0 Å². The number of thiophene rings is 2. The van der Waals surface area contributed by atoms with Crippen LogP contribution in [0.2, 0.25) is 0 Å². The lowest BCUT2D eigenvalue weighted by Crippen LogP contribution is -2.13. The molecule has 3 heterocycles. The first-order chi connectivity index (χ1) is 13.0. The fourth-order valence-corrected chi connectivity index (χ4v) is 4.26. The Kier molecular flexibility index (Phi) is 5.82. The van der Waals surface area contributed by atoms with E-state index in [2.05, 4.69) is 14.7 Å². The molecule has 3 aromatic rings. The second kappa shape index (κ2) is 8.28. The van der Waals surface area contributed by atoms with Crippen molar-refractivity contribution in [3.63, 3.8) is 0 Å². The molecule has 0 atom stereocenters. The zero-order valence-electron chi connectivity index (χ0n) is 14.6. The number of hydrogen-bond acceptors (Lipinski definition) is 8. The number of hydrogen-bond donors (Lipinski definition) is 1. The smallest absolute Gasteiger partial charge is 0.331 e. The van der Waals surface area contributed by atoms with Crippen LogP contribution >= 0.6 is 22.7 Å². The molecule has 1 N–H and O–H groups in total. The first-order valence-corrected chi connectivity index (χ1v) is 9.76. The number of nitrogens with zero attached hydrogens (tertiary/aromatic N) is 1. The van der Waals surface area contributed by atoms with E-state index in [9.17, 15) is 14.4 Å². The van der Waals surface area contributed by atoms with Crippen molar-refractivity contribution in [3.8, 4) is 10.4 Å². The number of aryl methyl sites for hydroxylation is 1. The summed E-state index contributed by atoms with van der Waals surface area (Å²) in [6.07, 6.45) is 1.96. The average Bonchev–Trinajstić information content (AvgIpc) is 3.24. The molecule has 0 unspecified atom stereocenters. The minimum Gasteiger partial charge on any atom is -0.463 e. The average molecular weight is 404 g/mol. The van der Waals surface area contributed by atoms with Crippen LogP contribution < -0.4 is 5.56 Å². The summed E-state index contributed by atoms with van der Waals surface area (Å²) < 4.78 is 9.66. The summed E-state index contributed by atoms with van der Waals surface area (Å²) in [4.78, 5) is 45.0. The summed E-state index contributed by atoms with van der Waals surface area (Å²) in [5.74, 6) is -1.12. The highest BCUT2D eigenvalue weighted by molar-refractivity contribution is 7.19.